The zero-order valence-electron chi connectivity index (χ0n) is 13.3. The van der Waals surface area contributed by atoms with E-state index in [2.05, 4.69) is 0 Å². The van der Waals surface area contributed by atoms with E-state index in [1.165, 1.54) is 0 Å². The Kier molecular flexibility index (Phi) is 6.49. The van der Waals surface area contributed by atoms with Crippen molar-refractivity contribution in [2.24, 2.45) is 0 Å². The maximum absolute atomic E-state index is 12.1. The number of benzene rings is 1. The summed E-state index contributed by atoms with van der Waals surface area (Å²) in [7, 11) is 0. The Morgan fingerprint density at radius 2 is 1.86 bits per heavy atom. The number of nitrogens with zero attached hydrogens (tertiary/aromatic N) is 1. The molecule has 1 aromatic carbocycles. The van der Waals surface area contributed by atoms with Crippen molar-refractivity contribution in [2.75, 3.05) is 19.8 Å². The summed E-state index contributed by atoms with van der Waals surface area (Å²) in [5, 5.41) is 8.70. The van der Waals surface area contributed by atoms with Gasteiger partial charge < -0.3 is 19.5 Å². The van der Waals surface area contributed by atoms with E-state index in [9.17, 15) is 4.79 Å². The van der Waals surface area contributed by atoms with Gasteiger partial charge in [-0.3, -0.25) is 0 Å². The second kappa shape index (κ2) is 7.88. The van der Waals surface area contributed by atoms with Crippen molar-refractivity contribution in [3.8, 4) is 5.75 Å². The van der Waals surface area contributed by atoms with E-state index < -0.39 is 5.60 Å². The molecule has 0 aliphatic heterocycles. The molecule has 0 heterocycles. The fourth-order valence-electron chi connectivity index (χ4n) is 1.71. The van der Waals surface area contributed by atoms with Gasteiger partial charge in [0.15, 0.2) is 0 Å². The van der Waals surface area contributed by atoms with Crippen LogP contribution in [-0.4, -0.2) is 41.5 Å². The number of carbonyl (C=O) groups excluding carboxylic acids is 1. The van der Waals surface area contributed by atoms with Crippen LogP contribution in [0.5, 0.6) is 5.75 Å². The first-order valence-electron chi connectivity index (χ1n) is 7.16. The molecule has 0 saturated heterocycles. The van der Waals surface area contributed by atoms with Gasteiger partial charge in [0.1, 0.15) is 18.0 Å². The van der Waals surface area contributed by atoms with Crippen molar-refractivity contribution in [1.82, 2.24) is 4.90 Å². The minimum absolute atomic E-state index is 0.00991. The molecule has 0 atom stereocenters. The second-order valence-corrected chi connectivity index (χ2v) is 5.71. The van der Waals surface area contributed by atoms with Gasteiger partial charge in [-0.2, -0.15) is 0 Å². The van der Waals surface area contributed by atoms with Crippen molar-refractivity contribution < 1.29 is 19.4 Å². The third kappa shape index (κ3) is 6.49. The number of carbonyl (C=O) groups is 1. The van der Waals surface area contributed by atoms with Gasteiger partial charge in [0.2, 0.25) is 0 Å². The van der Waals surface area contributed by atoms with Crippen molar-refractivity contribution in [3.05, 3.63) is 29.8 Å². The molecule has 0 bridgehead atoms. The smallest absolute Gasteiger partial charge is 0.410 e. The average Bonchev–Trinajstić information content (AvgIpc) is 2.41. The van der Waals surface area contributed by atoms with Gasteiger partial charge >= 0.3 is 6.09 Å². The van der Waals surface area contributed by atoms with E-state index >= 15 is 0 Å². The first-order chi connectivity index (χ1) is 9.85. The topological polar surface area (TPSA) is 59.0 Å². The lowest BCUT2D eigenvalue weighted by atomic mass is 10.2. The molecular weight excluding hydrogens is 270 g/mol. The van der Waals surface area contributed by atoms with E-state index in [-0.39, 0.29) is 19.3 Å². The van der Waals surface area contributed by atoms with Gasteiger partial charge in [0.25, 0.3) is 0 Å². The highest BCUT2D eigenvalue weighted by Gasteiger charge is 2.21. The third-order valence-corrected chi connectivity index (χ3v) is 2.69. The lowest BCUT2D eigenvalue weighted by Gasteiger charge is -2.26. The predicted octanol–water partition coefficient (Wildman–Crippen LogP) is 2.81. The van der Waals surface area contributed by atoms with Crippen LogP contribution in [0.25, 0.3) is 0 Å². The first kappa shape index (κ1) is 17.3. The maximum atomic E-state index is 12.1. The fraction of sp³-hybridized carbons (Fsp3) is 0.562. The molecule has 21 heavy (non-hydrogen) atoms. The van der Waals surface area contributed by atoms with Crippen LogP contribution in [0.3, 0.4) is 0 Å². The van der Waals surface area contributed by atoms with E-state index in [4.69, 9.17) is 14.6 Å². The molecule has 0 saturated carbocycles. The molecule has 0 unspecified atom stereocenters. The minimum Gasteiger partial charge on any atom is -0.491 e. The van der Waals surface area contributed by atoms with Crippen LogP contribution in [0.2, 0.25) is 0 Å². The van der Waals surface area contributed by atoms with Gasteiger partial charge in [0, 0.05) is 13.1 Å². The Hall–Kier alpha value is -1.75. The molecule has 0 spiro atoms. The highest BCUT2D eigenvalue weighted by molar-refractivity contribution is 5.68. The van der Waals surface area contributed by atoms with Crippen molar-refractivity contribution in [1.29, 1.82) is 0 Å². The van der Waals surface area contributed by atoms with Crippen molar-refractivity contribution in [2.45, 2.75) is 39.8 Å². The summed E-state index contributed by atoms with van der Waals surface area (Å²) in [5.74, 6) is 0.702. The summed E-state index contributed by atoms with van der Waals surface area (Å²) in [5.41, 5.74) is 0.506. The Morgan fingerprint density at radius 1 is 1.24 bits per heavy atom. The van der Waals surface area contributed by atoms with Gasteiger partial charge in [-0.1, -0.05) is 12.1 Å². The minimum atomic E-state index is -0.494. The predicted molar refractivity (Wildman–Crippen MR) is 81.3 cm³/mol. The summed E-state index contributed by atoms with van der Waals surface area (Å²) in [6, 6.07) is 7.46. The summed E-state index contributed by atoms with van der Waals surface area (Å²) >= 11 is 0. The van der Waals surface area contributed by atoms with Crippen molar-refractivity contribution in [3.63, 3.8) is 0 Å². The molecule has 0 aliphatic carbocycles. The lowest BCUT2D eigenvalue weighted by molar-refractivity contribution is 0.0244. The molecule has 0 radical (unpaired) electrons. The van der Waals surface area contributed by atoms with Crippen molar-refractivity contribution >= 4 is 6.09 Å². The van der Waals surface area contributed by atoms with Crippen LogP contribution in [-0.2, 0) is 11.3 Å². The van der Waals surface area contributed by atoms with E-state index in [0.29, 0.717) is 18.8 Å². The first-order valence-corrected chi connectivity index (χ1v) is 7.16. The summed E-state index contributed by atoms with van der Waals surface area (Å²) in [4.78, 5) is 13.7. The second-order valence-electron chi connectivity index (χ2n) is 5.71. The number of aliphatic hydroxyl groups excluding tert-OH is 1. The van der Waals surface area contributed by atoms with E-state index in [1.807, 2.05) is 52.0 Å². The Morgan fingerprint density at radius 3 is 2.33 bits per heavy atom. The molecule has 5 heteroatoms. The number of ether oxygens (including phenoxy) is 2. The highest BCUT2D eigenvalue weighted by Crippen LogP contribution is 2.15. The fourth-order valence-corrected chi connectivity index (χ4v) is 1.71. The SMILES string of the molecule is CCN(Cc1ccc(OCCO)cc1)C(=O)OC(C)(C)C. The Balaban J connectivity index is 2.62. The maximum Gasteiger partial charge on any atom is 0.410 e. The molecule has 1 aromatic rings. The average molecular weight is 295 g/mol. The van der Waals surface area contributed by atoms with E-state index in [0.717, 1.165) is 5.56 Å². The summed E-state index contributed by atoms with van der Waals surface area (Å²) in [6.07, 6.45) is -0.314. The quantitative estimate of drug-likeness (QED) is 0.876. The lowest BCUT2D eigenvalue weighted by Crippen LogP contribution is -2.36. The number of hydrogen-bond acceptors (Lipinski definition) is 4. The summed E-state index contributed by atoms with van der Waals surface area (Å²) < 4.78 is 10.7. The Labute approximate surface area is 126 Å². The largest absolute Gasteiger partial charge is 0.491 e. The number of hydrogen-bond donors (Lipinski definition) is 1. The van der Waals surface area contributed by atoms with Crippen LogP contribution >= 0.6 is 0 Å². The van der Waals surface area contributed by atoms with Gasteiger partial charge in [-0.05, 0) is 45.4 Å². The van der Waals surface area contributed by atoms with E-state index in [1.54, 1.807) is 4.90 Å². The van der Waals surface area contributed by atoms with Crippen LogP contribution < -0.4 is 4.74 Å². The Bertz CT molecular complexity index is 437. The molecule has 1 N–H and O–H groups in total. The molecule has 1 amide bonds. The van der Waals surface area contributed by atoms with Gasteiger partial charge in [0.05, 0.1) is 6.61 Å². The monoisotopic (exact) mass is 295 g/mol. The highest BCUT2D eigenvalue weighted by atomic mass is 16.6. The number of amides is 1. The van der Waals surface area contributed by atoms with Crippen LogP contribution in [0, 0.1) is 0 Å². The number of rotatable bonds is 6. The van der Waals surface area contributed by atoms with Gasteiger partial charge in [-0.25, -0.2) is 4.79 Å². The third-order valence-electron chi connectivity index (χ3n) is 2.69. The van der Waals surface area contributed by atoms with Crippen LogP contribution in [0.4, 0.5) is 4.79 Å². The molecule has 118 valence electrons. The zero-order chi connectivity index (χ0) is 15.9. The number of aliphatic hydroxyl groups is 1. The van der Waals surface area contributed by atoms with Crippen LogP contribution in [0.1, 0.15) is 33.3 Å². The summed E-state index contributed by atoms with van der Waals surface area (Å²) in [6.45, 7) is 8.82. The molecule has 0 fully saturated rings. The normalized spacial score (nSPS) is 11.1. The van der Waals surface area contributed by atoms with Crippen LogP contribution in [0.15, 0.2) is 24.3 Å². The molecule has 5 nitrogen and oxygen atoms in total. The standard InChI is InChI=1S/C16H25NO4/c1-5-17(15(19)21-16(2,3)4)12-13-6-8-14(9-7-13)20-11-10-18/h6-9,18H,5,10-12H2,1-4H3. The molecular formula is C16H25NO4. The molecule has 0 aliphatic rings. The zero-order valence-corrected chi connectivity index (χ0v) is 13.3. The molecule has 1 rings (SSSR count). The van der Waals surface area contributed by atoms with Gasteiger partial charge in [-0.15, -0.1) is 0 Å². The molecule has 0 aromatic heterocycles.